The number of amides is 1. The van der Waals surface area contributed by atoms with Crippen LogP contribution in [0.5, 0.6) is 0 Å². The number of hydrogen-bond acceptors (Lipinski definition) is 3. The molecular formula is C21H14Cl2N2OS. The summed E-state index contributed by atoms with van der Waals surface area (Å²) in [6.07, 6.45) is 0.298. The zero-order chi connectivity index (χ0) is 18.8. The van der Waals surface area contributed by atoms with Crippen LogP contribution in [-0.2, 0) is 11.2 Å². The third-order valence-electron chi connectivity index (χ3n) is 4.14. The Kier molecular flexibility index (Phi) is 5.12. The van der Waals surface area contributed by atoms with Crippen LogP contribution in [0.25, 0.3) is 22.0 Å². The van der Waals surface area contributed by atoms with Gasteiger partial charge < -0.3 is 5.32 Å². The first-order chi connectivity index (χ1) is 13.1. The van der Waals surface area contributed by atoms with E-state index >= 15 is 0 Å². The number of halogens is 2. The monoisotopic (exact) mass is 412 g/mol. The minimum Gasteiger partial charge on any atom is -0.302 e. The summed E-state index contributed by atoms with van der Waals surface area (Å²) in [4.78, 5) is 16.8. The van der Waals surface area contributed by atoms with Gasteiger partial charge in [0.05, 0.1) is 22.2 Å². The zero-order valence-corrected chi connectivity index (χ0v) is 16.4. The fourth-order valence-electron chi connectivity index (χ4n) is 2.82. The Bertz CT molecular complexity index is 1140. The molecule has 0 aliphatic heterocycles. The summed E-state index contributed by atoms with van der Waals surface area (Å²) in [6, 6.07) is 19.5. The molecule has 3 nitrogen and oxygen atoms in total. The van der Waals surface area contributed by atoms with Crippen molar-refractivity contribution in [3.05, 3.63) is 81.7 Å². The second kappa shape index (κ2) is 7.69. The van der Waals surface area contributed by atoms with E-state index in [0.717, 1.165) is 27.6 Å². The molecule has 0 atom stereocenters. The fraction of sp³-hybridized carbons (Fsp3) is 0.0476. The Balaban J connectivity index is 1.46. The van der Waals surface area contributed by atoms with Crippen molar-refractivity contribution >= 4 is 56.3 Å². The Hall–Kier alpha value is -2.40. The van der Waals surface area contributed by atoms with Gasteiger partial charge in [-0.05, 0) is 28.5 Å². The van der Waals surface area contributed by atoms with Crippen molar-refractivity contribution in [1.82, 2.24) is 4.98 Å². The molecule has 1 aromatic heterocycles. The van der Waals surface area contributed by atoms with Gasteiger partial charge >= 0.3 is 0 Å². The number of fused-ring (bicyclic) bond motifs is 1. The molecule has 0 aliphatic carbocycles. The number of carbonyl (C=O) groups excluding carboxylic acids is 1. The molecule has 0 saturated carbocycles. The quantitative estimate of drug-likeness (QED) is 0.418. The number of hydrogen-bond donors (Lipinski definition) is 1. The van der Waals surface area contributed by atoms with E-state index in [2.05, 4.69) is 16.4 Å². The van der Waals surface area contributed by atoms with Crippen molar-refractivity contribution in [3.8, 4) is 11.3 Å². The van der Waals surface area contributed by atoms with Crippen molar-refractivity contribution < 1.29 is 4.79 Å². The van der Waals surface area contributed by atoms with Gasteiger partial charge in [-0.25, -0.2) is 4.98 Å². The summed E-state index contributed by atoms with van der Waals surface area (Å²) < 4.78 is 0. The predicted octanol–water partition coefficient (Wildman–Crippen LogP) is 6.45. The second-order valence-corrected chi connectivity index (χ2v) is 7.75. The highest BCUT2D eigenvalue weighted by Crippen LogP contribution is 2.30. The number of nitrogens with one attached hydrogen (secondary N) is 1. The van der Waals surface area contributed by atoms with Crippen LogP contribution in [0.3, 0.4) is 0 Å². The Morgan fingerprint density at radius 1 is 0.963 bits per heavy atom. The lowest BCUT2D eigenvalue weighted by Crippen LogP contribution is -2.14. The number of carbonyl (C=O) groups is 1. The molecule has 0 bridgehead atoms. The summed E-state index contributed by atoms with van der Waals surface area (Å²) >= 11 is 13.4. The predicted molar refractivity (Wildman–Crippen MR) is 114 cm³/mol. The fourth-order valence-corrected chi connectivity index (χ4v) is 3.85. The van der Waals surface area contributed by atoms with Crippen LogP contribution in [0.2, 0.25) is 10.0 Å². The lowest BCUT2D eigenvalue weighted by molar-refractivity contribution is -0.115. The molecule has 0 unspecified atom stereocenters. The van der Waals surface area contributed by atoms with E-state index in [1.54, 1.807) is 12.1 Å². The molecule has 1 heterocycles. The molecule has 134 valence electrons. The summed E-state index contributed by atoms with van der Waals surface area (Å²) in [5.41, 5.74) is 2.57. The maximum absolute atomic E-state index is 12.4. The maximum Gasteiger partial charge on any atom is 0.230 e. The molecule has 0 spiro atoms. The third-order valence-corrected chi connectivity index (χ3v) is 5.64. The third kappa shape index (κ3) is 4.14. The van der Waals surface area contributed by atoms with Gasteiger partial charge in [-0.15, -0.1) is 11.3 Å². The Morgan fingerprint density at radius 3 is 2.59 bits per heavy atom. The smallest absolute Gasteiger partial charge is 0.230 e. The van der Waals surface area contributed by atoms with Crippen molar-refractivity contribution in [3.63, 3.8) is 0 Å². The van der Waals surface area contributed by atoms with E-state index in [1.807, 2.05) is 47.8 Å². The lowest BCUT2D eigenvalue weighted by atomic mass is 10.1. The molecule has 0 aliphatic rings. The average molecular weight is 413 g/mol. The van der Waals surface area contributed by atoms with Crippen LogP contribution in [-0.4, -0.2) is 10.9 Å². The van der Waals surface area contributed by atoms with E-state index in [0.29, 0.717) is 21.6 Å². The van der Waals surface area contributed by atoms with Gasteiger partial charge in [-0.1, -0.05) is 71.7 Å². The van der Waals surface area contributed by atoms with Gasteiger partial charge in [0.25, 0.3) is 0 Å². The van der Waals surface area contributed by atoms with Crippen LogP contribution in [0.15, 0.2) is 66.0 Å². The first-order valence-corrected chi connectivity index (χ1v) is 9.90. The van der Waals surface area contributed by atoms with Gasteiger partial charge in [-0.2, -0.15) is 0 Å². The first-order valence-electron chi connectivity index (χ1n) is 8.27. The normalized spacial score (nSPS) is 10.9. The Labute approximate surface area is 170 Å². The van der Waals surface area contributed by atoms with Crippen molar-refractivity contribution in [2.45, 2.75) is 6.42 Å². The SMILES string of the molecule is O=C(Cc1ccc2ccccc2c1)Nc1nc(-c2ccc(Cl)c(Cl)c2)cs1. The number of nitrogens with zero attached hydrogens (tertiary/aromatic N) is 1. The van der Waals surface area contributed by atoms with E-state index in [1.165, 1.54) is 11.3 Å². The van der Waals surface area contributed by atoms with Gasteiger partial charge in [0, 0.05) is 10.9 Å². The largest absolute Gasteiger partial charge is 0.302 e. The zero-order valence-electron chi connectivity index (χ0n) is 14.1. The highest BCUT2D eigenvalue weighted by Gasteiger charge is 2.10. The van der Waals surface area contributed by atoms with Gasteiger partial charge in [0.1, 0.15) is 0 Å². The van der Waals surface area contributed by atoms with Gasteiger partial charge in [0.15, 0.2) is 5.13 Å². The maximum atomic E-state index is 12.4. The molecule has 27 heavy (non-hydrogen) atoms. The van der Waals surface area contributed by atoms with Crippen molar-refractivity contribution in [2.75, 3.05) is 5.32 Å². The number of rotatable bonds is 4. The highest BCUT2D eigenvalue weighted by atomic mass is 35.5. The first kappa shape index (κ1) is 18.0. The number of aromatic nitrogens is 1. The van der Waals surface area contributed by atoms with Crippen LogP contribution >= 0.6 is 34.5 Å². The molecular weight excluding hydrogens is 399 g/mol. The van der Waals surface area contributed by atoms with Crippen LogP contribution in [0.4, 0.5) is 5.13 Å². The minimum absolute atomic E-state index is 0.0969. The molecule has 1 amide bonds. The van der Waals surface area contributed by atoms with Crippen molar-refractivity contribution in [2.24, 2.45) is 0 Å². The minimum atomic E-state index is -0.0969. The summed E-state index contributed by atoms with van der Waals surface area (Å²) in [6.45, 7) is 0. The van der Waals surface area contributed by atoms with E-state index in [-0.39, 0.29) is 5.91 Å². The summed E-state index contributed by atoms with van der Waals surface area (Å²) in [5, 5.41) is 8.56. The van der Waals surface area contributed by atoms with E-state index in [4.69, 9.17) is 23.2 Å². The molecule has 3 aromatic carbocycles. The van der Waals surface area contributed by atoms with Crippen LogP contribution < -0.4 is 5.32 Å². The molecule has 4 rings (SSSR count). The van der Waals surface area contributed by atoms with Crippen LogP contribution in [0.1, 0.15) is 5.56 Å². The lowest BCUT2D eigenvalue weighted by Gasteiger charge is -2.04. The molecule has 6 heteroatoms. The molecule has 0 saturated heterocycles. The number of thiazole rings is 1. The highest BCUT2D eigenvalue weighted by molar-refractivity contribution is 7.14. The molecule has 0 fully saturated rings. The van der Waals surface area contributed by atoms with Gasteiger partial charge in [-0.3, -0.25) is 4.79 Å². The van der Waals surface area contributed by atoms with Crippen LogP contribution in [0, 0.1) is 0 Å². The average Bonchev–Trinajstić information content (AvgIpc) is 3.12. The van der Waals surface area contributed by atoms with E-state index < -0.39 is 0 Å². The second-order valence-electron chi connectivity index (χ2n) is 6.07. The number of benzene rings is 3. The summed E-state index contributed by atoms with van der Waals surface area (Å²) in [7, 11) is 0. The van der Waals surface area contributed by atoms with Crippen molar-refractivity contribution in [1.29, 1.82) is 0 Å². The topological polar surface area (TPSA) is 42.0 Å². The molecule has 4 aromatic rings. The standard InChI is InChI=1S/C21H14Cl2N2OS/c22-17-8-7-16(11-18(17)23)19-12-27-21(24-19)25-20(26)10-13-5-6-14-3-1-2-4-15(14)9-13/h1-9,11-12H,10H2,(H,24,25,26). The Morgan fingerprint density at radius 2 is 1.78 bits per heavy atom. The van der Waals surface area contributed by atoms with Gasteiger partial charge in [0.2, 0.25) is 5.91 Å². The molecule has 0 radical (unpaired) electrons. The molecule has 1 N–H and O–H groups in total. The summed E-state index contributed by atoms with van der Waals surface area (Å²) in [5.74, 6) is -0.0969. The number of anilines is 1. The van der Waals surface area contributed by atoms with E-state index in [9.17, 15) is 4.79 Å².